The number of nitrogens with zero attached hydrogens (tertiary/aromatic N) is 3. The predicted molar refractivity (Wildman–Crippen MR) is 83.3 cm³/mol. The first kappa shape index (κ1) is 15.3. The normalized spacial score (nSPS) is 19.9. The molecule has 0 radical (unpaired) electrons. The lowest BCUT2D eigenvalue weighted by Gasteiger charge is -2.36. The van der Waals surface area contributed by atoms with Gasteiger partial charge in [0.2, 0.25) is 0 Å². The first-order valence-electron chi connectivity index (χ1n) is 7.48. The molecule has 2 heterocycles. The summed E-state index contributed by atoms with van der Waals surface area (Å²) in [6, 6.07) is 4.82. The van der Waals surface area contributed by atoms with Crippen molar-refractivity contribution in [2.75, 3.05) is 38.8 Å². The van der Waals surface area contributed by atoms with Gasteiger partial charge in [-0.3, -0.25) is 4.98 Å². The van der Waals surface area contributed by atoms with Crippen molar-refractivity contribution in [1.29, 1.82) is 0 Å². The van der Waals surface area contributed by atoms with Gasteiger partial charge in [0.1, 0.15) is 0 Å². The first-order valence-corrected chi connectivity index (χ1v) is 7.48. The van der Waals surface area contributed by atoms with Crippen molar-refractivity contribution in [3.63, 3.8) is 0 Å². The highest BCUT2D eigenvalue weighted by Crippen LogP contribution is 2.26. The van der Waals surface area contributed by atoms with Crippen molar-refractivity contribution in [3.05, 3.63) is 23.5 Å². The summed E-state index contributed by atoms with van der Waals surface area (Å²) in [6.45, 7) is 10.0. The van der Waals surface area contributed by atoms with Crippen LogP contribution in [0.3, 0.4) is 0 Å². The van der Waals surface area contributed by atoms with Crippen molar-refractivity contribution in [1.82, 2.24) is 9.88 Å². The molecule has 0 unspecified atom stereocenters. The van der Waals surface area contributed by atoms with Crippen molar-refractivity contribution in [2.24, 2.45) is 0 Å². The zero-order valence-electron chi connectivity index (χ0n) is 13.4. The van der Waals surface area contributed by atoms with Gasteiger partial charge in [-0.2, -0.15) is 0 Å². The summed E-state index contributed by atoms with van der Waals surface area (Å²) < 4.78 is 5.54. The molecule has 0 spiro atoms. The lowest BCUT2D eigenvalue weighted by molar-refractivity contribution is 0.0987. The van der Waals surface area contributed by atoms with E-state index < -0.39 is 0 Å². The number of pyridine rings is 1. The summed E-state index contributed by atoms with van der Waals surface area (Å²) >= 11 is 0. The highest BCUT2D eigenvalue weighted by atomic mass is 16.5. The van der Waals surface area contributed by atoms with E-state index in [1.54, 1.807) is 0 Å². The van der Waals surface area contributed by atoms with E-state index in [1.807, 2.05) is 0 Å². The van der Waals surface area contributed by atoms with E-state index in [9.17, 15) is 0 Å². The summed E-state index contributed by atoms with van der Waals surface area (Å²) in [6.07, 6.45) is 0. The van der Waals surface area contributed by atoms with Crippen LogP contribution in [0.15, 0.2) is 12.1 Å². The van der Waals surface area contributed by atoms with Gasteiger partial charge in [-0.25, -0.2) is 0 Å². The van der Waals surface area contributed by atoms with Gasteiger partial charge in [0.05, 0.1) is 24.6 Å². The van der Waals surface area contributed by atoms with Gasteiger partial charge >= 0.3 is 0 Å². The number of hydrogen-bond acceptors (Lipinski definition) is 4. The van der Waals surface area contributed by atoms with Gasteiger partial charge < -0.3 is 14.5 Å². The molecule has 4 heteroatoms. The molecule has 1 aromatic rings. The molecule has 0 bridgehead atoms. The monoisotopic (exact) mass is 277 g/mol. The molecular weight excluding hydrogens is 250 g/mol. The van der Waals surface area contributed by atoms with Gasteiger partial charge in [-0.05, 0) is 39.1 Å². The number of ether oxygens (including phenoxy) is 1. The minimum atomic E-state index is 0.413. The molecule has 20 heavy (non-hydrogen) atoms. The van der Waals surface area contributed by atoms with Crippen LogP contribution in [0, 0.1) is 0 Å². The summed E-state index contributed by atoms with van der Waals surface area (Å²) in [5.74, 6) is 0.465. The molecule has 1 aliphatic rings. The number of aromatic nitrogens is 1. The van der Waals surface area contributed by atoms with E-state index in [1.165, 1.54) is 17.1 Å². The first-order chi connectivity index (χ1) is 9.49. The van der Waals surface area contributed by atoms with Crippen LogP contribution in [0.5, 0.6) is 0 Å². The van der Waals surface area contributed by atoms with Crippen LogP contribution in [-0.4, -0.2) is 49.8 Å². The third kappa shape index (κ3) is 3.49. The molecule has 0 aliphatic carbocycles. The van der Waals surface area contributed by atoms with Gasteiger partial charge in [-0.15, -0.1) is 0 Å². The van der Waals surface area contributed by atoms with Crippen LogP contribution < -0.4 is 4.90 Å². The van der Waals surface area contributed by atoms with E-state index in [4.69, 9.17) is 9.72 Å². The Morgan fingerprint density at radius 2 is 2.15 bits per heavy atom. The number of rotatable bonds is 4. The molecule has 1 saturated heterocycles. The lowest BCUT2D eigenvalue weighted by Crippen LogP contribution is -2.44. The fourth-order valence-electron chi connectivity index (χ4n) is 2.59. The molecule has 0 amide bonds. The van der Waals surface area contributed by atoms with Crippen LogP contribution in [-0.2, 0) is 11.3 Å². The third-order valence-corrected chi connectivity index (χ3v) is 3.71. The lowest BCUT2D eigenvalue weighted by atomic mass is 10.1. The molecule has 1 atom stereocenters. The topological polar surface area (TPSA) is 28.6 Å². The number of morpholine rings is 1. The number of hydrogen-bond donors (Lipinski definition) is 0. The average Bonchev–Trinajstić information content (AvgIpc) is 2.39. The van der Waals surface area contributed by atoms with Gasteiger partial charge in [0, 0.05) is 24.8 Å². The van der Waals surface area contributed by atoms with Crippen LogP contribution >= 0.6 is 0 Å². The standard InChI is InChI=1S/C16H27N3O/c1-12(2)14-6-7-16(15(17-14)10-18(4)5)19-8-9-20-11-13(19)3/h6-7,12-13H,8-11H2,1-5H3/t13-/m1/s1. The van der Waals surface area contributed by atoms with Crippen molar-refractivity contribution in [2.45, 2.75) is 39.3 Å². The van der Waals surface area contributed by atoms with Crippen molar-refractivity contribution >= 4 is 5.69 Å². The average molecular weight is 277 g/mol. The van der Waals surface area contributed by atoms with Crippen LogP contribution in [0.2, 0.25) is 0 Å². The second-order valence-electron chi connectivity index (χ2n) is 6.21. The van der Waals surface area contributed by atoms with Gasteiger partial charge in [-0.1, -0.05) is 13.8 Å². The van der Waals surface area contributed by atoms with E-state index in [0.717, 1.165) is 26.3 Å². The minimum Gasteiger partial charge on any atom is -0.377 e. The summed E-state index contributed by atoms with van der Waals surface area (Å²) in [5.41, 5.74) is 3.61. The smallest absolute Gasteiger partial charge is 0.0780 e. The zero-order valence-corrected chi connectivity index (χ0v) is 13.4. The predicted octanol–water partition coefficient (Wildman–Crippen LogP) is 2.49. The molecule has 2 rings (SSSR count). The molecular formula is C16H27N3O. The third-order valence-electron chi connectivity index (χ3n) is 3.71. The maximum absolute atomic E-state index is 5.54. The van der Waals surface area contributed by atoms with Gasteiger partial charge in [0.25, 0.3) is 0 Å². The Balaban J connectivity index is 2.34. The fourth-order valence-corrected chi connectivity index (χ4v) is 2.59. The molecule has 1 aliphatic heterocycles. The minimum absolute atomic E-state index is 0.413. The summed E-state index contributed by atoms with van der Waals surface area (Å²) in [5, 5.41) is 0. The Labute approximate surface area is 122 Å². The van der Waals surface area contributed by atoms with E-state index in [-0.39, 0.29) is 0 Å². The van der Waals surface area contributed by atoms with Crippen LogP contribution in [0.25, 0.3) is 0 Å². The van der Waals surface area contributed by atoms with Gasteiger partial charge in [0.15, 0.2) is 0 Å². The Hall–Kier alpha value is -1.13. The SMILES string of the molecule is CC(C)c1ccc(N2CCOC[C@H]2C)c(CN(C)C)n1. The molecule has 1 fully saturated rings. The zero-order chi connectivity index (χ0) is 14.7. The van der Waals surface area contributed by atoms with E-state index in [0.29, 0.717) is 12.0 Å². The quantitative estimate of drug-likeness (QED) is 0.845. The van der Waals surface area contributed by atoms with E-state index >= 15 is 0 Å². The van der Waals surface area contributed by atoms with Crippen LogP contribution in [0.4, 0.5) is 5.69 Å². The largest absolute Gasteiger partial charge is 0.377 e. The molecule has 0 saturated carbocycles. The molecule has 0 aromatic carbocycles. The van der Waals surface area contributed by atoms with Crippen molar-refractivity contribution in [3.8, 4) is 0 Å². The fraction of sp³-hybridized carbons (Fsp3) is 0.688. The molecule has 0 N–H and O–H groups in total. The molecule has 4 nitrogen and oxygen atoms in total. The molecule has 112 valence electrons. The highest BCUT2D eigenvalue weighted by molar-refractivity contribution is 5.52. The summed E-state index contributed by atoms with van der Waals surface area (Å²) in [7, 11) is 4.19. The maximum atomic E-state index is 5.54. The maximum Gasteiger partial charge on any atom is 0.0780 e. The number of anilines is 1. The highest BCUT2D eigenvalue weighted by Gasteiger charge is 2.22. The summed E-state index contributed by atoms with van der Waals surface area (Å²) in [4.78, 5) is 9.51. The van der Waals surface area contributed by atoms with E-state index in [2.05, 4.69) is 56.8 Å². The second kappa shape index (κ2) is 6.55. The molecule has 1 aromatic heterocycles. The second-order valence-corrected chi connectivity index (χ2v) is 6.21. The Morgan fingerprint density at radius 1 is 1.40 bits per heavy atom. The van der Waals surface area contributed by atoms with Crippen LogP contribution in [0.1, 0.15) is 38.1 Å². The van der Waals surface area contributed by atoms with Crippen molar-refractivity contribution < 1.29 is 4.74 Å². The Bertz CT molecular complexity index is 445. The Kier molecular flexibility index (Phi) is 5.00. The Morgan fingerprint density at radius 3 is 2.75 bits per heavy atom.